The molecular formula is C108H63N3O4S2. The van der Waals surface area contributed by atoms with Crippen LogP contribution >= 0.6 is 22.7 Å². The van der Waals surface area contributed by atoms with E-state index in [9.17, 15) is 0 Å². The Bertz CT molecular complexity index is 8420. The average molecular weight is 1530 g/mol. The first-order valence-corrected chi connectivity index (χ1v) is 41.2. The number of nitrogens with zero attached hydrogens (tertiary/aromatic N) is 3. The molecule has 18 aromatic carbocycles. The number of fused-ring (bicyclic) bond motifs is 27. The van der Waals surface area contributed by atoms with Gasteiger partial charge in [0.25, 0.3) is 0 Å². The van der Waals surface area contributed by atoms with Crippen LogP contribution < -0.4 is 0 Å². The fraction of sp³-hybridized carbons (Fsp3) is 0. The lowest BCUT2D eigenvalue weighted by atomic mass is 10.0. The number of rotatable bonds is 6. The SMILES string of the molecule is c1ccc2c(c1)oc1cc(-c3ccc(-n4c5ccccc5c5cc6oc7ccccc7c6cc54)cc3)ccc12.c1ccc2c(c1)oc1cc3c4ccccc4n(-c4ccc(-c5ccc6c(c5)sc5ccccc56)cc4)c3cc12.c1ccc2c(c1)oc1cc3c4ccccc4n(-c4ccc(-c5ccc6sc7ccccc7c6c5)cc4)c3cc12. The molecule has 117 heavy (non-hydrogen) atoms. The first-order chi connectivity index (χ1) is 57.9. The van der Waals surface area contributed by atoms with Crippen molar-refractivity contribution in [2.75, 3.05) is 0 Å². The fourth-order valence-corrected chi connectivity index (χ4v) is 20.8. The number of para-hydroxylation sites is 7. The van der Waals surface area contributed by atoms with Gasteiger partial charge in [-0.1, -0.05) is 224 Å². The van der Waals surface area contributed by atoms with Crippen LogP contribution in [-0.2, 0) is 0 Å². The molecule has 0 unspecified atom stereocenters. The standard InChI is InChI=1S/C36H21NO2.2C36H21NOS/c1-4-10-31-25(7-1)29-21-36-30(27-9-3-6-12-34(27)39-36)20-32(29)37(31)24-16-13-22(14-17-24)23-15-18-28-26-8-2-5-11-33(26)38-35(28)19-23;1-4-10-31-25(7-1)28-21-34-29(26-8-2-5-11-33(26)38-34)20-32(28)37(31)24-16-13-22(14-17-24)23-15-18-36-30(19-23)27-9-3-6-12-35(27)39-36;1-4-10-31-25(7-1)29-21-34-30(26-8-2-5-11-33(26)38-34)20-32(29)37(31)24-16-13-22(14-17-24)23-15-18-28-27-9-3-6-12-35(27)39-36(28)19-23/h3*1-21H. The molecule has 0 bridgehead atoms. The summed E-state index contributed by atoms with van der Waals surface area (Å²) in [6.45, 7) is 0. The summed E-state index contributed by atoms with van der Waals surface area (Å²) >= 11 is 3.73. The zero-order valence-corrected chi connectivity index (χ0v) is 64.3. The summed E-state index contributed by atoms with van der Waals surface area (Å²) in [6, 6.07) is 137. The summed E-state index contributed by atoms with van der Waals surface area (Å²) in [7, 11) is 0. The van der Waals surface area contributed by atoms with Crippen LogP contribution in [0.2, 0.25) is 0 Å². The lowest BCUT2D eigenvalue weighted by molar-refractivity contribution is 0.669. The van der Waals surface area contributed by atoms with E-state index in [-0.39, 0.29) is 0 Å². The maximum atomic E-state index is 6.23. The second-order valence-electron chi connectivity index (χ2n) is 30.5. The number of thiophene rings is 2. The molecule has 0 saturated heterocycles. The molecule has 27 rings (SSSR count). The van der Waals surface area contributed by atoms with Crippen molar-refractivity contribution in [1.82, 2.24) is 13.7 Å². The Hall–Kier alpha value is -15.0. The predicted molar refractivity (Wildman–Crippen MR) is 494 cm³/mol. The molecular weight excluding hydrogens is 1470 g/mol. The number of hydrogen-bond acceptors (Lipinski definition) is 6. The van der Waals surface area contributed by atoms with Crippen LogP contribution in [0.1, 0.15) is 0 Å². The summed E-state index contributed by atoms with van der Waals surface area (Å²) in [4.78, 5) is 0. The van der Waals surface area contributed by atoms with Gasteiger partial charge in [0.2, 0.25) is 0 Å². The summed E-state index contributed by atoms with van der Waals surface area (Å²) < 4.78 is 37.3. The number of aromatic nitrogens is 3. The first-order valence-electron chi connectivity index (χ1n) is 39.6. The molecule has 0 atom stereocenters. The summed E-state index contributed by atoms with van der Waals surface area (Å²) in [6.07, 6.45) is 0. The van der Waals surface area contributed by atoms with Crippen LogP contribution in [0.25, 0.3) is 244 Å². The monoisotopic (exact) mass is 1530 g/mol. The molecule has 27 aromatic rings. The van der Waals surface area contributed by atoms with Gasteiger partial charge in [0.15, 0.2) is 0 Å². The molecule has 0 fully saturated rings. The summed E-state index contributed by atoms with van der Waals surface area (Å²) in [5, 5.41) is 21.8. The molecule has 0 aliphatic rings. The van der Waals surface area contributed by atoms with Crippen molar-refractivity contribution in [3.8, 4) is 50.4 Å². The second-order valence-corrected chi connectivity index (χ2v) is 32.7. The minimum atomic E-state index is 0.913. The van der Waals surface area contributed by atoms with E-state index in [1.807, 2.05) is 71.2 Å². The van der Waals surface area contributed by atoms with Crippen molar-refractivity contribution in [2.45, 2.75) is 0 Å². The quantitative estimate of drug-likeness (QED) is 0.166. The molecule has 0 spiro atoms. The number of hydrogen-bond donors (Lipinski definition) is 0. The Labute approximate surface area is 675 Å². The van der Waals surface area contributed by atoms with E-state index in [0.717, 1.165) is 116 Å². The van der Waals surface area contributed by atoms with E-state index in [1.165, 1.54) is 128 Å². The molecule has 0 N–H and O–H groups in total. The molecule has 9 aromatic heterocycles. The van der Waals surface area contributed by atoms with Gasteiger partial charge >= 0.3 is 0 Å². The van der Waals surface area contributed by atoms with Gasteiger partial charge in [0, 0.05) is 133 Å². The molecule has 546 valence electrons. The Morgan fingerprint density at radius 1 is 0.145 bits per heavy atom. The molecule has 7 nitrogen and oxygen atoms in total. The highest BCUT2D eigenvalue weighted by Crippen LogP contribution is 2.46. The van der Waals surface area contributed by atoms with Crippen LogP contribution in [0.4, 0.5) is 0 Å². The third-order valence-electron chi connectivity index (χ3n) is 24.0. The van der Waals surface area contributed by atoms with Crippen molar-refractivity contribution in [3.05, 3.63) is 382 Å². The predicted octanol–water partition coefficient (Wildman–Crippen LogP) is 31.7. The highest BCUT2D eigenvalue weighted by atomic mass is 32.1. The van der Waals surface area contributed by atoms with Gasteiger partial charge in [-0.2, -0.15) is 0 Å². The molecule has 0 aliphatic carbocycles. The third-order valence-corrected chi connectivity index (χ3v) is 26.3. The van der Waals surface area contributed by atoms with Gasteiger partial charge in [-0.3, -0.25) is 0 Å². The van der Waals surface area contributed by atoms with Gasteiger partial charge in [-0.25, -0.2) is 0 Å². The molecule has 0 radical (unpaired) electrons. The summed E-state index contributed by atoms with van der Waals surface area (Å²) in [5.41, 5.74) is 25.2. The summed E-state index contributed by atoms with van der Waals surface area (Å²) in [5.74, 6) is 0. The van der Waals surface area contributed by atoms with E-state index in [2.05, 4.69) is 347 Å². The highest BCUT2D eigenvalue weighted by Gasteiger charge is 2.22. The van der Waals surface area contributed by atoms with Crippen LogP contribution in [0.3, 0.4) is 0 Å². The van der Waals surface area contributed by atoms with E-state index < -0.39 is 0 Å². The minimum absolute atomic E-state index is 0.913. The van der Waals surface area contributed by atoms with Gasteiger partial charge in [0.05, 0.1) is 33.1 Å². The van der Waals surface area contributed by atoms with Crippen LogP contribution in [0.5, 0.6) is 0 Å². The van der Waals surface area contributed by atoms with E-state index in [1.54, 1.807) is 0 Å². The van der Waals surface area contributed by atoms with Crippen molar-refractivity contribution in [1.29, 1.82) is 0 Å². The van der Waals surface area contributed by atoms with Crippen molar-refractivity contribution >= 4 is 216 Å². The minimum Gasteiger partial charge on any atom is -0.456 e. The lowest BCUT2D eigenvalue weighted by Crippen LogP contribution is -1.93. The van der Waals surface area contributed by atoms with Crippen molar-refractivity contribution in [3.63, 3.8) is 0 Å². The van der Waals surface area contributed by atoms with Gasteiger partial charge in [-0.05, 0) is 191 Å². The Morgan fingerprint density at radius 3 is 0.838 bits per heavy atom. The van der Waals surface area contributed by atoms with Crippen molar-refractivity contribution in [2.24, 2.45) is 0 Å². The highest BCUT2D eigenvalue weighted by molar-refractivity contribution is 7.26. The van der Waals surface area contributed by atoms with Gasteiger partial charge < -0.3 is 31.4 Å². The second kappa shape index (κ2) is 25.8. The third kappa shape index (κ3) is 10.4. The molecule has 9 heteroatoms. The molecule has 0 amide bonds. The van der Waals surface area contributed by atoms with Crippen molar-refractivity contribution < 1.29 is 17.7 Å². The van der Waals surface area contributed by atoms with Gasteiger partial charge in [0.1, 0.15) is 44.7 Å². The lowest BCUT2D eigenvalue weighted by Gasteiger charge is -2.10. The number of furan rings is 4. The smallest absolute Gasteiger partial charge is 0.136 e. The molecule has 0 saturated carbocycles. The Balaban J connectivity index is 0.0000000980. The topological polar surface area (TPSA) is 67.3 Å². The van der Waals surface area contributed by atoms with Crippen LogP contribution in [-0.4, -0.2) is 13.7 Å². The average Bonchev–Trinajstić information content (AvgIpc) is 1.58. The zero-order chi connectivity index (χ0) is 76.5. The maximum absolute atomic E-state index is 6.23. The van der Waals surface area contributed by atoms with Gasteiger partial charge in [-0.15, -0.1) is 22.7 Å². The normalized spacial score (nSPS) is 12.1. The number of benzene rings is 18. The first kappa shape index (κ1) is 65.5. The maximum Gasteiger partial charge on any atom is 0.136 e. The molecule has 0 aliphatic heterocycles. The Kier molecular flexibility index (Phi) is 14.4. The van der Waals surface area contributed by atoms with Crippen LogP contribution in [0.15, 0.2) is 400 Å². The van der Waals surface area contributed by atoms with E-state index in [0.29, 0.717) is 0 Å². The van der Waals surface area contributed by atoms with Crippen LogP contribution in [0, 0.1) is 0 Å². The van der Waals surface area contributed by atoms with E-state index in [4.69, 9.17) is 17.7 Å². The fourth-order valence-electron chi connectivity index (χ4n) is 18.5. The molecule has 9 heterocycles. The zero-order valence-electron chi connectivity index (χ0n) is 62.7. The Morgan fingerprint density at radius 2 is 0.419 bits per heavy atom. The largest absolute Gasteiger partial charge is 0.456 e. The van der Waals surface area contributed by atoms with E-state index >= 15 is 0 Å².